The number of hydrogen-bond acceptors (Lipinski definition) is 4. The van der Waals surface area contributed by atoms with E-state index in [2.05, 4.69) is 15.0 Å². The number of fused-ring (bicyclic) bond motifs is 1. The molecule has 0 saturated heterocycles. The van der Waals surface area contributed by atoms with E-state index in [9.17, 15) is 9.59 Å². The Balaban J connectivity index is 2.48. The number of nitrogens with zero attached hydrogens (tertiary/aromatic N) is 1. The Labute approximate surface area is 86.5 Å². The molecule has 2 rings (SSSR count). The van der Waals surface area contributed by atoms with E-state index in [4.69, 9.17) is 0 Å². The average molecular weight is 206 g/mol. The molecule has 0 unspecified atom stereocenters. The Morgan fingerprint density at radius 1 is 1.47 bits per heavy atom. The maximum atomic E-state index is 11.4. The van der Waals surface area contributed by atoms with Crippen molar-refractivity contribution in [1.82, 2.24) is 4.98 Å². The van der Waals surface area contributed by atoms with Gasteiger partial charge < -0.3 is 10.1 Å². The van der Waals surface area contributed by atoms with E-state index in [1.165, 1.54) is 13.3 Å². The van der Waals surface area contributed by atoms with Crippen LogP contribution in [-0.2, 0) is 16.0 Å². The fourth-order valence-electron chi connectivity index (χ4n) is 1.56. The number of hydrogen-bond donors (Lipinski definition) is 1. The maximum absolute atomic E-state index is 11.4. The third kappa shape index (κ3) is 1.68. The summed E-state index contributed by atoms with van der Waals surface area (Å²) >= 11 is 0. The highest BCUT2D eigenvalue weighted by Gasteiger charge is 2.21. The highest BCUT2D eigenvalue weighted by atomic mass is 16.5. The molecule has 0 fully saturated rings. The van der Waals surface area contributed by atoms with Gasteiger partial charge in [-0.15, -0.1) is 0 Å². The third-order valence-corrected chi connectivity index (χ3v) is 2.32. The van der Waals surface area contributed by atoms with Crippen molar-refractivity contribution in [2.75, 3.05) is 12.4 Å². The minimum atomic E-state index is -0.485. The number of esters is 1. The van der Waals surface area contributed by atoms with Gasteiger partial charge in [0.05, 0.1) is 12.8 Å². The molecule has 0 bridgehead atoms. The molecule has 1 aromatic rings. The van der Waals surface area contributed by atoms with E-state index in [1.54, 1.807) is 6.20 Å². The van der Waals surface area contributed by atoms with Crippen molar-refractivity contribution in [3.63, 3.8) is 0 Å². The molecule has 0 aliphatic carbocycles. The molecule has 15 heavy (non-hydrogen) atoms. The highest BCUT2D eigenvalue weighted by Crippen LogP contribution is 2.25. The zero-order valence-electron chi connectivity index (χ0n) is 8.24. The summed E-state index contributed by atoms with van der Waals surface area (Å²) in [4.78, 5) is 26.5. The molecule has 5 nitrogen and oxygen atoms in total. The number of aromatic nitrogens is 1. The topological polar surface area (TPSA) is 68.3 Å². The third-order valence-electron chi connectivity index (χ3n) is 2.32. The lowest BCUT2D eigenvalue weighted by molar-refractivity contribution is -0.116. The number of aryl methyl sites for hydroxylation is 1. The number of carbonyl (C=O) groups excluding carboxylic acids is 2. The molecule has 2 heterocycles. The van der Waals surface area contributed by atoms with Crippen LogP contribution in [0.2, 0.25) is 0 Å². The van der Waals surface area contributed by atoms with Gasteiger partial charge >= 0.3 is 5.97 Å². The normalized spacial score (nSPS) is 14.1. The van der Waals surface area contributed by atoms with Gasteiger partial charge in [-0.25, -0.2) is 4.79 Å². The number of pyridine rings is 1. The molecule has 0 saturated carbocycles. The molecule has 1 aliphatic rings. The molecule has 0 spiro atoms. The lowest BCUT2D eigenvalue weighted by atomic mass is 10.0. The van der Waals surface area contributed by atoms with E-state index >= 15 is 0 Å². The summed E-state index contributed by atoms with van der Waals surface area (Å²) in [6, 6.07) is 0. The minimum Gasteiger partial charge on any atom is -0.465 e. The predicted octanol–water partition coefficient (Wildman–Crippen LogP) is 0.753. The number of anilines is 1. The van der Waals surface area contributed by atoms with E-state index < -0.39 is 5.97 Å². The van der Waals surface area contributed by atoms with Gasteiger partial charge in [-0.05, 0) is 12.0 Å². The first kappa shape index (κ1) is 9.64. The second kappa shape index (κ2) is 3.68. The van der Waals surface area contributed by atoms with Crippen LogP contribution in [-0.4, -0.2) is 24.0 Å². The second-order valence-electron chi connectivity index (χ2n) is 3.26. The first-order chi connectivity index (χ1) is 7.22. The summed E-state index contributed by atoms with van der Waals surface area (Å²) in [5.74, 6) is -0.569. The lowest BCUT2D eigenvalue weighted by Gasteiger charge is -2.18. The summed E-state index contributed by atoms with van der Waals surface area (Å²) in [5.41, 5.74) is 1.72. The number of methoxy groups -OCH3 is 1. The van der Waals surface area contributed by atoms with E-state index in [0.29, 0.717) is 24.1 Å². The molecule has 5 heteroatoms. The molecular formula is C10H10N2O3. The molecular weight excluding hydrogens is 196 g/mol. The fraction of sp³-hybridized carbons (Fsp3) is 0.300. The number of ether oxygens (including phenoxy) is 1. The highest BCUT2D eigenvalue weighted by molar-refractivity contribution is 6.03. The summed E-state index contributed by atoms with van der Waals surface area (Å²) in [7, 11) is 1.30. The van der Waals surface area contributed by atoms with Crippen LogP contribution in [0.25, 0.3) is 0 Å². The van der Waals surface area contributed by atoms with Gasteiger partial charge in [0.25, 0.3) is 0 Å². The molecule has 1 aromatic heterocycles. The van der Waals surface area contributed by atoms with Crippen LogP contribution in [0.5, 0.6) is 0 Å². The summed E-state index contributed by atoms with van der Waals surface area (Å²) < 4.78 is 4.61. The quantitative estimate of drug-likeness (QED) is 0.688. The Bertz CT molecular complexity index is 429. The predicted molar refractivity (Wildman–Crippen MR) is 52.5 cm³/mol. The molecule has 0 radical (unpaired) electrons. The van der Waals surface area contributed by atoms with Crippen molar-refractivity contribution in [3.05, 3.63) is 23.5 Å². The lowest BCUT2D eigenvalue weighted by Crippen LogP contribution is -2.22. The molecule has 0 aromatic carbocycles. The van der Waals surface area contributed by atoms with Crippen LogP contribution in [0, 0.1) is 0 Å². The zero-order chi connectivity index (χ0) is 10.8. The number of amides is 1. The van der Waals surface area contributed by atoms with Crippen LogP contribution in [0.1, 0.15) is 22.3 Å². The molecule has 1 aliphatic heterocycles. The van der Waals surface area contributed by atoms with Gasteiger partial charge in [-0.3, -0.25) is 9.78 Å². The molecule has 78 valence electrons. The Morgan fingerprint density at radius 2 is 2.27 bits per heavy atom. The second-order valence-corrected chi connectivity index (χ2v) is 3.26. The van der Waals surface area contributed by atoms with Crippen LogP contribution in [0.3, 0.4) is 0 Å². The van der Waals surface area contributed by atoms with E-state index in [0.717, 1.165) is 5.56 Å². The summed E-state index contributed by atoms with van der Waals surface area (Å²) in [6.07, 6.45) is 4.09. The van der Waals surface area contributed by atoms with Gasteiger partial charge in [0.2, 0.25) is 5.91 Å². The first-order valence-electron chi connectivity index (χ1n) is 4.57. The molecule has 1 amide bonds. The van der Waals surface area contributed by atoms with Crippen molar-refractivity contribution < 1.29 is 14.3 Å². The fourth-order valence-corrected chi connectivity index (χ4v) is 1.56. The maximum Gasteiger partial charge on any atom is 0.341 e. The smallest absolute Gasteiger partial charge is 0.341 e. The van der Waals surface area contributed by atoms with Crippen LogP contribution < -0.4 is 5.32 Å². The monoisotopic (exact) mass is 206 g/mol. The Morgan fingerprint density at radius 3 is 3.00 bits per heavy atom. The number of nitrogens with one attached hydrogen (secondary N) is 1. The van der Waals surface area contributed by atoms with Crippen molar-refractivity contribution in [1.29, 1.82) is 0 Å². The van der Waals surface area contributed by atoms with Gasteiger partial charge in [0.1, 0.15) is 5.56 Å². The standard InChI is InChI=1S/C10H10N2O3/c1-15-10(14)7-5-11-4-6-2-3-8(13)12-9(6)7/h4-5H,2-3H2,1H3,(H,12,13). The van der Waals surface area contributed by atoms with Crippen molar-refractivity contribution >= 4 is 17.6 Å². The van der Waals surface area contributed by atoms with Crippen LogP contribution in [0.4, 0.5) is 5.69 Å². The average Bonchev–Trinajstić information content (AvgIpc) is 2.27. The van der Waals surface area contributed by atoms with Gasteiger partial charge in [-0.1, -0.05) is 0 Å². The number of carbonyl (C=O) groups is 2. The Hall–Kier alpha value is -1.91. The molecule has 1 N–H and O–H groups in total. The van der Waals surface area contributed by atoms with E-state index in [-0.39, 0.29) is 5.91 Å². The van der Waals surface area contributed by atoms with Crippen LogP contribution in [0.15, 0.2) is 12.4 Å². The van der Waals surface area contributed by atoms with E-state index in [1.807, 2.05) is 0 Å². The first-order valence-corrected chi connectivity index (χ1v) is 4.57. The molecule has 0 atom stereocenters. The van der Waals surface area contributed by atoms with Crippen molar-refractivity contribution in [3.8, 4) is 0 Å². The van der Waals surface area contributed by atoms with Gasteiger partial charge in [-0.2, -0.15) is 0 Å². The SMILES string of the molecule is COC(=O)c1cncc2c1NC(=O)CC2. The largest absolute Gasteiger partial charge is 0.465 e. The van der Waals surface area contributed by atoms with Crippen LogP contribution >= 0.6 is 0 Å². The summed E-state index contributed by atoms with van der Waals surface area (Å²) in [5, 5.41) is 2.66. The van der Waals surface area contributed by atoms with Gasteiger partial charge in [0.15, 0.2) is 0 Å². The van der Waals surface area contributed by atoms with Gasteiger partial charge in [0, 0.05) is 18.8 Å². The van der Waals surface area contributed by atoms with Crippen molar-refractivity contribution in [2.24, 2.45) is 0 Å². The Kier molecular flexibility index (Phi) is 2.37. The van der Waals surface area contributed by atoms with Crippen molar-refractivity contribution in [2.45, 2.75) is 12.8 Å². The minimum absolute atomic E-state index is 0.0844. The summed E-state index contributed by atoms with van der Waals surface area (Å²) in [6.45, 7) is 0. The number of rotatable bonds is 1. The zero-order valence-corrected chi connectivity index (χ0v) is 8.24.